The highest BCUT2D eigenvalue weighted by Crippen LogP contribution is 2.33. The quantitative estimate of drug-likeness (QED) is 0.821. The number of hydrogen-bond donors (Lipinski definition) is 2. The lowest BCUT2D eigenvalue weighted by atomic mass is 9.99. The van der Waals surface area contributed by atoms with E-state index in [1.807, 2.05) is 13.8 Å². The topological polar surface area (TPSA) is 84.7 Å². The van der Waals surface area contributed by atoms with E-state index in [1.165, 1.54) is 0 Å². The highest BCUT2D eigenvalue weighted by atomic mass is 35.5. The number of hydrogen-bond acceptors (Lipinski definition) is 4. The molecular formula is C17H26ClN3O3. The van der Waals surface area contributed by atoms with Crippen LogP contribution in [0.5, 0.6) is 5.75 Å². The first-order valence-corrected chi connectivity index (χ1v) is 8.02. The standard InChI is InChI=1S/C17H25N3O3.ClH/c1-4-11(2)16(18)17(22)19-12-7-8-13(14(10-12)23-3)20-9-5-6-15(20)21;/h7-8,10-11,16H,4-6,9,18H2,1-3H3,(H,19,22);1H. The fourth-order valence-corrected chi connectivity index (χ4v) is 2.62. The number of nitrogens with two attached hydrogens (primary N) is 1. The Hall–Kier alpha value is -1.79. The Morgan fingerprint density at radius 3 is 2.71 bits per heavy atom. The van der Waals surface area contributed by atoms with E-state index in [9.17, 15) is 9.59 Å². The molecule has 2 rings (SSSR count). The number of amides is 2. The van der Waals surface area contributed by atoms with Gasteiger partial charge in [0.1, 0.15) is 5.75 Å². The van der Waals surface area contributed by atoms with Crippen LogP contribution >= 0.6 is 12.4 Å². The Balaban J connectivity index is 0.00000288. The van der Waals surface area contributed by atoms with Crippen molar-refractivity contribution in [1.82, 2.24) is 0 Å². The number of methoxy groups -OCH3 is 1. The Morgan fingerprint density at radius 1 is 1.46 bits per heavy atom. The summed E-state index contributed by atoms with van der Waals surface area (Å²) in [5.41, 5.74) is 7.29. The fourth-order valence-electron chi connectivity index (χ4n) is 2.62. The summed E-state index contributed by atoms with van der Waals surface area (Å²) in [6, 6.07) is 4.74. The van der Waals surface area contributed by atoms with Gasteiger partial charge in [0, 0.05) is 24.7 Å². The van der Waals surface area contributed by atoms with Gasteiger partial charge >= 0.3 is 0 Å². The van der Waals surface area contributed by atoms with Crippen molar-refractivity contribution in [3.8, 4) is 5.75 Å². The van der Waals surface area contributed by atoms with Crippen LogP contribution in [0.15, 0.2) is 18.2 Å². The predicted octanol–water partition coefficient (Wildman–Crippen LogP) is 2.56. The van der Waals surface area contributed by atoms with Crippen molar-refractivity contribution in [3.63, 3.8) is 0 Å². The molecule has 2 amide bonds. The number of carbonyl (C=O) groups excluding carboxylic acids is 2. The molecule has 1 fully saturated rings. The van der Waals surface area contributed by atoms with Crippen molar-refractivity contribution in [3.05, 3.63) is 18.2 Å². The van der Waals surface area contributed by atoms with Crippen molar-refractivity contribution in [1.29, 1.82) is 0 Å². The molecule has 6 nitrogen and oxygen atoms in total. The molecule has 134 valence electrons. The molecule has 1 heterocycles. The summed E-state index contributed by atoms with van der Waals surface area (Å²) in [6.45, 7) is 4.65. The van der Waals surface area contributed by atoms with Crippen LogP contribution < -0.4 is 20.7 Å². The van der Waals surface area contributed by atoms with Crippen LogP contribution in [0.4, 0.5) is 11.4 Å². The van der Waals surface area contributed by atoms with Gasteiger partial charge in [0.05, 0.1) is 18.8 Å². The van der Waals surface area contributed by atoms with Gasteiger partial charge in [-0.25, -0.2) is 0 Å². The molecule has 1 aromatic carbocycles. The maximum atomic E-state index is 12.2. The van der Waals surface area contributed by atoms with Crippen molar-refractivity contribution >= 4 is 35.6 Å². The molecule has 0 aliphatic carbocycles. The van der Waals surface area contributed by atoms with Crippen LogP contribution in [0.25, 0.3) is 0 Å². The Bertz CT molecular complexity index is 594. The predicted molar refractivity (Wildman–Crippen MR) is 97.9 cm³/mol. The van der Waals surface area contributed by atoms with Crippen LogP contribution in [-0.4, -0.2) is 31.5 Å². The first kappa shape index (κ1) is 20.3. The number of rotatable bonds is 6. The number of carbonyl (C=O) groups is 2. The van der Waals surface area contributed by atoms with Crippen LogP contribution in [-0.2, 0) is 9.59 Å². The van der Waals surface area contributed by atoms with Gasteiger partial charge in [-0.3, -0.25) is 9.59 Å². The maximum Gasteiger partial charge on any atom is 0.241 e. The average Bonchev–Trinajstić information content (AvgIpc) is 2.98. The summed E-state index contributed by atoms with van der Waals surface area (Å²) in [5, 5.41) is 2.81. The Morgan fingerprint density at radius 2 is 2.17 bits per heavy atom. The third kappa shape index (κ3) is 4.39. The zero-order chi connectivity index (χ0) is 17.0. The monoisotopic (exact) mass is 355 g/mol. The Kier molecular flexibility index (Phi) is 7.51. The summed E-state index contributed by atoms with van der Waals surface area (Å²) in [4.78, 5) is 25.8. The van der Waals surface area contributed by atoms with Gasteiger partial charge in [-0.15, -0.1) is 12.4 Å². The summed E-state index contributed by atoms with van der Waals surface area (Å²) < 4.78 is 5.38. The Labute approximate surface area is 149 Å². The average molecular weight is 356 g/mol. The van der Waals surface area contributed by atoms with Crippen LogP contribution in [0.3, 0.4) is 0 Å². The van der Waals surface area contributed by atoms with E-state index < -0.39 is 6.04 Å². The molecule has 1 aromatic rings. The third-order valence-electron chi connectivity index (χ3n) is 4.37. The van der Waals surface area contributed by atoms with E-state index in [2.05, 4.69) is 5.32 Å². The molecule has 0 radical (unpaired) electrons. The molecule has 2 unspecified atom stereocenters. The number of benzene rings is 1. The second-order valence-electron chi connectivity index (χ2n) is 5.94. The number of anilines is 2. The fraction of sp³-hybridized carbons (Fsp3) is 0.529. The number of nitrogens with zero attached hydrogens (tertiary/aromatic N) is 1. The van der Waals surface area contributed by atoms with Crippen molar-refractivity contribution in [2.24, 2.45) is 11.7 Å². The molecule has 0 bridgehead atoms. The SMILES string of the molecule is CCC(C)C(N)C(=O)Nc1ccc(N2CCCC2=O)c(OC)c1.Cl. The lowest BCUT2D eigenvalue weighted by Gasteiger charge is -2.21. The van der Waals surface area contributed by atoms with Crippen LogP contribution in [0.2, 0.25) is 0 Å². The molecular weight excluding hydrogens is 330 g/mol. The van der Waals surface area contributed by atoms with E-state index in [4.69, 9.17) is 10.5 Å². The van der Waals surface area contributed by atoms with E-state index in [1.54, 1.807) is 30.2 Å². The molecule has 0 saturated carbocycles. The van der Waals surface area contributed by atoms with Crippen molar-refractivity contribution < 1.29 is 14.3 Å². The zero-order valence-electron chi connectivity index (χ0n) is 14.4. The number of nitrogens with one attached hydrogen (secondary N) is 1. The van der Waals surface area contributed by atoms with Gasteiger partial charge < -0.3 is 20.7 Å². The third-order valence-corrected chi connectivity index (χ3v) is 4.37. The van der Waals surface area contributed by atoms with E-state index in [-0.39, 0.29) is 30.1 Å². The molecule has 1 saturated heterocycles. The van der Waals surface area contributed by atoms with Crippen molar-refractivity contribution in [2.45, 2.75) is 39.2 Å². The van der Waals surface area contributed by atoms with Crippen LogP contribution in [0.1, 0.15) is 33.1 Å². The molecule has 2 atom stereocenters. The smallest absolute Gasteiger partial charge is 0.241 e. The lowest BCUT2D eigenvalue weighted by molar-refractivity contribution is -0.118. The van der Waals surface area contributed by atoms with Crippen molar-refractivity contribution in [2.75, 3.05) is 23.9 Å². The minimum absolute atomic E-state index is 0. The highest BCUT2D eigenvalue weighted by molar-refractivity contribution is 5.98. The maximum absolute atomic E-state index is 12.2. The molecule has 24 heavy (non-hydrogen) atoms. The summed E-state index contributed by atoms with van der Waals surface area (Å²) in [6.07, 6.45) is 2.25. The second-order valence-corrected chi connectivity index (χ2v) is 5.94. The lowest BCUT2D eigenvalue weighted by Crippen LogP contribution is -2.40. The summed E-state index contributed by atoms with van der Waals surface area (Å²) >= 11 is 0. The molecule has 3 N–H and O–H groups in total. The normalized spacial score (nSPS) is 16.3. The van der Waals surface area contributed by atoms with Gasteiger partial charge in [-0.2, -0.15) is 0 Å². The molecule has 0 spiro atoms. The summed E-state index contributed by atoms with van der Waals surface area (Å²) in [5.74, 6) is 0.554. The number of halogens is 1. The minimum atomic E-state index is -0.550. The van der Waals surface area contributed by atoms with Gasteiger partial charge in [0.15, 0.2) is 0 Å². The summed E-state index contributed by atoms with van der Waals surface area (Å²) in [7, 11) is 1.55. The minimum Gasteiger partial charge on any atom is -0.494 e. The second kappa shape index (κ2) is 8.89. The molecule has 7 heteroatoms. The van der Waals surface area contributed by atoms with Gasteiger partial charge in [0.25, 0.3) is 0 Å². The van der Waals surface area contributed by atoms with E-state index >= 15 is 0 Å². The highest BCUT2D eigenvalue weighted by Gasteiger charge is 2.25. The number of ether oxygens (including phenoxy) is 1. The van der Waals surface area contributed by atoms with E-state index in [0.29, 0.717) is 24.4 Å². The van der Waals surface area contributed by atoms with E-state index in [0.717, 1.165) is 18.5 Å². The largest absolute Gasteiger partial charge is 0.494 e. The molecule has 0 aromatic heterocycles. The van der Waals surface area contributed by atoms with Gasteiger partial charge in [-0.05, 0) is 24.5 Å². The molecule has 1 aliphatic heterocycles. The molecule has 1 aliphatic rings. The van der Waals surface area contributed by atoms with Gasteiger partial charge in [0.2, 0.25) is 11.8 Å². The zero-order valence-corrected chi connectivity index (χ0v) is 15.2. The first-order chi connectivity index (χ1) is 11.0. The van der Waals surface area contributed by atoms with Gasteiger partial charge in [-0.1, -0.05) is 20.3 Å². The van der Waals surface area contributed by atoms with Crippen LogP contribution in [0, 0.1) is 5.92 Å². The first-order valence-electron chi connectivity index (χ1n) is 8.02.